The molecule has 2 aromatic heterocycles. The SMILES string of the molecule is O=C1CCNCCCCOc2ccccc2Nc2ncnc3ccc(nc23)N1. The molecule has 8 nitrogen and oxygen atoms in total. The van der Waals surface area contributed by atoms with Gasteiger partial charge in [0, 0.05) is 13.0 Å². The first-order valence-electron chi connectivity index (χ1n) is 9.41. The number of carbonyl (C=O) groups excluding carboxylic acids is 1. The van der Waals surface area contributed by atoms with Gasteiger partial charge in [-0.05, 0) is 43.7 Å². The number of benzene rings is 1. The Labute approximate surface area is 162 Å². The number of aromatic nitrogens is 3. The number of anilines is 3. The van der Waals surface area contributed by atoms with Gasteiger partial charge in [-0.2, -0.15) is 0 Å². The van der Waals surface area contributed by atoms with Gasteiger partial charge in [-0.3, -0.25) is 4.79 Å². The molecule has 1 aliphatic heterocycles. The molecule has 0 radical (unpaired) electrons. The van der Waals surface area contributed by atoms with Crippen molar-refractivity contribution < 1.29 is 9.53 Å². The van der Waals surface area contributed by atoms with Crippen LogP contribution in [0, 0.1) is 0 Å². The Morgan fingerprint density at radius 1 is 0.964 bits per heavy atom. The van der Waals surface area contributed by atoms with E-state index in [2.05, 4.69) is 30.9 Å². The van der Waals surface area contributed by atoms with E-state index in [4.69, 9.17) is 4.74 Å². The summed E-state index contributed by atoms with van der Waals surface area (Å²) < 4.78 is 5.96. The first-order chi connectivity index (χ1) is 13.8. The molecular weight excluding hydrogens is 356 g/mol. The topological polar surface area (TPSA) is 101 Å². The lowest BCUT2D eigenvalue weighted by atomic mass is 10.2. The fourth-order valence-electron chi connectivity index (χ4n) is 2.99. The third-order valence-corrected chi connectivity index (χ3v) is 4.42. The Morgan fingerprint density at radius 2 is 1.89 bits per heavy atom. The molecule has 0 unspecified atom stereocenters. The minimum absolute atomic E-state index is 0.0799. The molecular formula is C20H22N6O2. The average Bonchev–Trinajstić information content (AvgIpc) is 2.71. The molecule has 1 aromatic carbocycles. The Morgan fingerprint density at radius 3 is 2.86 bits per heavy atom. The standard InChI is InChI=1S/C20H22N6O2/c27-18-9-11-21-10-3-4-12-28-16-6-2-1-5-14(16)24-20-19-15(22-13-23-20)7-8-17(25-18)26-19/h1-2,5-8,13,21H,3-4,9-12H2,(H,22,23,24)(H,25,26,27). The van der Waals surface area contributed by atoms with Gasteiger partial charge >= 0.3 is 0 Å². The predicted molar refractivity (Wildman–Crippen MR) is 108 cm³/mol. The van der Waals surface area contributed by atoms with E-state index in [0.717, 1.165) is 30.8 Å². The fourth-order valence-corrected chi connectivity index (χ4v) is 2.99. The summed E-state index contributed by atoms with van der Waals surface area (Å²) >= 11 is 0. The summed E-state index contributed by atoms with van der Waals surface area (Å²) in [5.74, 6) is 1.71. The minimum atomic E-state index is -0.0799. The van der Waals surface area contributed by atoms with Crippen molar-refractivity contribution in [2.45, 2.75) is 19.3 Å². The highest BCUT2D eigenvalue weighted by molar-refractivity contribution is 5.93. The van der Waals surface area contributed by atoms with E-state index >= 15 is 0 Å². The number of amides is 1. The number of hydrogen-bond donors (Lipinski definition) is 3. The highest BCUT2D eigenvalue weighted by Crippen LogP contribution is 2.29. The van der Waals surface area contributed by atoms with Crippen LogP contribution < -0.4 is 20.7 Å². The Bertz CT molecular complexity index is 978. The normalized spacial score (nSPS) is 15.8. The van der Waals surface area contributed by atoms with Gasteiger partial charge in [0.1, 0.15) is 23.4 Å². The summed E-state index contributed by atoms with van der Waals surface area (Å²) in [6.07, 6.45) is 3.78. The van der Waals surface area contributed by atoms with Crippen LogP contribution in [-0.2, 0) is 4.79 Å². The van der Waals surface area contributed by atoms with E-state index in [-0.39, 0.29) is 5.91 Å². The van der Waals surface area contributed by atoms with Crippen LogP contribution in [0.2, 0.25) is 0 Å². The largest absolute Gasteiger partial charge is 0.491 e. The second-order valence-electron chi connectivity index (χ2n) is 6.51. The first-order valence-corrected chi connectivity index (χ1v) is 9.41. The number of nitrogens with zero attached hydrogens (tertiary/aromatic N) is 3. The molecule has 0 atom stereocenters. The third-order valence-electron chi connectivity index (χ3n) is 4.42. The second kappa shape index (κ2) is 8.62. The van der Waals surface area contributed by atoms with Crippen molar-refractivity contribution in [3.63, 3.8) is 0 Å². The zero-order chi connectivity index (χ0) is 19.2. The maximum atomic E-state index is 12.2. The molecule has 3 N–H and O–H groups in total. The second-order valence-corrected chi connectivity index (χ2v) is 6.51. The summed E-state index contributed by atoms with van der Waals surface area (Å²) in [4.78, 5) is 25.3. The van der Waals surface area contributed by atoms with Gasteiger partial charge in [-0.15, -0.1) is 0 Å². The highest BCUT2D eigenvalue weighted by atomic mass is 16.5. The molecule has 8 heteroatoms. The van der Waals surface area contributed by atoms with E-state index in [1.807, 2.05) is 30.3 Å². The zero-order valence-electron chi connectivity index (χ0n) is 15.4. The van der Waals surface area contributed by atoms with Crippen LogP contribution in [0.1, 0.15) is 19.3 Å². The van der Waals surface area contributed by atoms with Crippen LogP contribution in [0.15, 0.2) is 42.7 Å². The maximum Gasteiger partial charge on any atom is 0.226 e. The van der Waals surface area contributed by atoms with Crippen molar-refractivity contribution >= 4 is 34.3 Å². The van der Waals surface area contributed by atoms with Crippen molar-refractivity contribution in [2.24, 2.45) is 0 Å². The van der Waals surface area contributed by atoms with Crippen molar-refractivity contribution in [1.29, 1.82) is 0 Å². The van der Waals surface area contributed by atoms with E-state index in [1.165, 1.54) is 6.33 Å². The van der Waals surface area contributed by atoms with Gasteiger partial charge in [-0.1, -0.05) is 12.1 Å². The summed E-state index contributed by atoms with van der Waals surface area (Å²) in [5.41, 5.74) is 2.08. The molecule has 3 aromatic rings. The Hall–Kier alpha value is -3.26. The van der Waals surface area contributed by atoms with E-state index in [9.17, 15) is 4.79 Å². The van der Waals surface area contributed by atoms with Crippen LogP contribution in [-0.4, -0.2) is 40.6 Å². The monoisotopic (exact) mass is 378 g/mol. The average molecular weight is 378 g/mol. The van der Waals surface area contributed by atoms with Crippen LogP contribution in [0.5, 0.6) is 5.75 Å². The molecule has 0 spiro atoms. The van der Waals surface area contributed by atoms with Gasteiger partial charge < -0.3 is 20.7 Å². The van der Waals surface area contributed by atoms with E-state index in [0.29, 0.717) is 42.2 Å². The first kappa shape index (κ1) is 18.1. The van der Waals surface area contributed by atoms with Gasteiger partial charge in [0.05, 0.1) is 17.8 Å². The fraction of sp³-hybridized carbons (Fsp3) is 0.300. The van der Waals surface area contributed by atoms with Gasteiger partial charge in [0.25, 0.3) is 0 Å². The predicted octanol–water partition coefficient (Wildman–Crippen LogP) is 2.86. The van der Waals surface area contributed by atoms with Crippen molar-refractivity contribution in [2.75, 3.05) is 30.3 Å². The molecule has 0 saturated carbocycles. The zero-order valence-corrected chi connectivity index (χ0v) is 15.4. The Balaban J connectivity index is 1.70. The number of para-hydroxylation sites is 2. The summed E-state index contributed by atoms with van der Waals surface area (Å²) in [6, 6.07) is 11.3. The number of carbonyl (C=O) groups is 1. The molecule has 4 rings (SSSR count). The molecule has 2 bridgehead atoms. The molecule has 28 heavy (non-hydrogen) atoms. The molecule has 3 heterocycles. The summed E-state index contributed by atoms with van der Waals surface area (Å²) in [7, 11) is 0. The smallest absolute Gasteiger partial charge is 0.226 e. The van der Waals surface area contributed by atoms with Crippen LogP contribution in [0.25, 0.3) is 11.0 Å². The Kier molecular flexibility index (Phi) is 5.58. The third kappa shape index (κ3) is 4.34. The highest BCUT2D eigenvalue weighted by Gasteiger charge is 2.11. The molecule has 144 valence electrons. The van der Waals surface area contributed by atoms with Gasteiger partial charge in [0.15, 0.2) is 5.82 Å². The van der Waals surface area contributed by atoms with Crippen molar-refractivity contribution in [3.8, 4) is 5.75 Å². The quantitative estimate of drug-likeness (QED) is 0.553. The number of ether oxygens (including phenoxy) is 1. The lowest BCUT2D eigenvalue weighted by molar-refractivity contribution is -0.116. The van der Waals surface area contributed by atoms with Crippen LogP contribution >= 0.6 is 0 Å². The lowest BCUT2D eigenvalue weighted by Crippen LogP contribution is -2.23. The number of hydrogen-bond acceptors (Lipinski definition) is 7. The lowest BCUT2D eigenvalue weighted by Gasteiger charge is -2.13. The van der Waals surface area contributed by atoms with Crippen LogP contribution in [0.3, 0.4) is 0 Å². The summed E-state index contributed by atoms with van der Waals surface area (Å²) in [6.45, 7) is 2.09. The molecule has 1 aliphatic rings. The molecule has 0 saturated heterocycles. The number of rotatable bonds is 0. The van der Waals surface area contributed by atoms with Gasteiger partial charge in [0.2, 0.25) is 5.91 Å². The van der Waals surface area contributed by atoms with Crippen LogP contribution in [0.4, 0.5) is 17.3 Å². The van der Waals surface area contributed by atoms with Crippen molar-refractivity contribution in [3.05, 3.63) is 42.7 Å². The van der Waals surface area contributed by atoms with E-state index in [1.54, 1.807) is 6.07 Å². The number of fused-ring (bicyclic) bond motifs is 2. The number of nitrogens with one attached hydrogen (secondary N) is 3. The molecule has 0 fully saturated rings. The van der Waals surface area contributed by atoms with E-state index < -0.39 is 0 Å². The van der Waals surface area contributed by atoms with Gasteiger partial charge in [-0.25, -0.2) is 15.0 Å². The number of pyridine rings is 1. The summed E-state index contributed by atoms with van der Waals surface area (Å²) in [5, 5.41) is 9.42. The van der Waals surface area contributed by atoms with Crippen molar-refractivity contribution in [1.82, 2.24) is 20.3 Å². The molecule has 1 amide bonds. The molecule has 0 aliphatic carbocycles. The minimum Gasteiger partial charge on any atom is -0.491 e. The maximum absolute atomic E-state index is 12.2.